The minimum atomic E-state index is 0.119. The molecule has 0 spiro atoms. The fraction of sp³-hybridized carbons (Fsp3) is 1.00. The van der Waals surface area contributed by atoms with Gasteiger partial charge in [-0.25, -0.2) is 4.89 Å². The van der Waals surface area contributed by atoms with Crippen molar-refractivity contribution >= 4 is 0 Å². The van der Waals surface area contributed by atoms with Crippen LogP contribution in [0.25, 0.3) is 0 Å². The zero-order valence-electron chi connectivity index (χ0n) is 17.1. The topological polar surface area (TPSA) is 29.5 Å². The first-order valence-electron chi connectivity index (χ1n) is 11.6. The van der Waals surface area contributed by atoms with Crippen molar-refractivity contribution in [1.82, 2.24) is 0 Å². The van der Waals surface area contributed by atoms with Crippen LogP contribution in [0.5, 0.6) is 0 Å². The van der Waals surface area contributed by atoms with Crippen LogP contribution in [-0.4, -0.2) is 11.4 Å². The Kier molecular flexibility index (Phi) is 10.5. The van der Waals surface area contributed by atoms with Crippen LogP contribution in [0.4, 0.5) is 0 Å². The van der Waals surface area contributed by atoms with Crippen LogP contribution in [0.15, 0.2) is 0 Å². The predicted molar refractivity (Wildman–Crippen MR) is 107 cm³/mol. The van der Waals surface area contributed by atoms with Gasteiger partial charge in [-0.05, 0) is 49.4 Å². The van der Waals surface area contributed by atoms with Gasteiger partial charge in [0.2, 0.25) is 0 Å². The summed E-state index contributed by atoms with van der Waals surface area (Å²) in [5.41, 5.74) is 0. The molecule has 2 saturated carbocycles. The molecule has 0 amide bonds. The van der Waals surface area contributed by atoms with Crippen molar-refractivity contribution in [3.05, 3.63) is 0 Å². The molecule has 0 unspecified atom stereocenters. The Labute approximate surface area is 157 Å². The molecular weight excluding hydrogens is 308 g/mol. The van der Waals surface area contributed by atoms with E-state index in [4.69, 9.17) is 4.89 Å². The van der Waals surface area contributed by atoms with Gasteiger partial charge in [0, 0.05) is 0 Å². The van der Waals surface area contributed by atoms with Crippen molar-refractivity contribution in [2.75, 3.05) is 0 Å². The van der Waals surface area contributed by atoms with E-state index in [0.29, 0.717) is 11.8 Å². The fourth-order valence-corrected chi connectivity index (χ4v) is 5.53. The highest BCUT2D eigenvalue weighted by Gasteiger charge is 2.35. The van der Waals surface area contributed by atoms with Gasteiger partial charge in [-0.3, -0.25) is 5.26 Å². The number of unbranched alkanes of at least 4 members (excludes halogenated alkanes) is 4. The van der Waals surface area contributed by atoms with Crippen molar-refractivity contribution in [3.63, 3.8) is 0 Å². The molecule has 0 radical (unpaired) electrons. The Balaban J connectivity index is 1.68. The lowest BCUT2D eigenvalue weighted by molar-refractivity contribution is -0.307. The first-order valence-corrected chi connectivity index (χ1v) is 11.6. The van der Waals surface area contributed by atoms with E-state index >= 15 is 0 Å². The number of hydrogen-bond acceptors (Lipinski definition) is 2. The second-order valence-corrected chi connectivity index (χ2v) is 9.12. The first kappa shape index (κ1) is 21.2. The summed E-state index contributed by atoms with van der Waals surface area (Å²) in [5.74, 6) is 3.09. The SMILES string of the molecule is CCCCCC1CCC(C(OO)C2CCC(CCCCC)CC2)CC1. The molecule has 0 heterocycles. The molecule has 2 heteroatoms. The molecule has 0 aromatic heterocycles. The average Bonchev–Trinajstić information content (AvgIpc) is 2.65. The van der Waals surface area contributed by atoms with E-state index in [1.54, 1.807) is 0 Å². The molecule has 148 valence electrons. The van der Waals surface area contributed by atoms with Crippen LogP contribution in [-0.2, 0) is 4.89 Å². The highest BCUT2D eigenvalue weighted by atomic mass is 17.1. The minimum absolute atomic E-state index is 0.119. The molecule has 25 heavy (non-hydrogen) atoms. The molecule has 0 saturated heterocycles. The molecule has 2 aliphatic carbocycles. The maximum atomic E-state index is 9.61. The Morgan fingerprint density at radius 3 is 1.40 bits per heavy atom. The lowest BCUT2D eigenvalue weighted by Crippen LogP contribution is -2.36. The van der Waals surface area contributed by atoms with Gasteiger partial charge in [-0.1, -0.05) is 90.9 Å². The van der Waals surface area contributed by atoms with Gasteiger partial charge in [0.05, 0.1) is 6.10 Å². The highest BCUT2D eigenvalue weighted by Crippen LogP contribution is 2.41. The molecule has 0 aromatic rings. The molecule has 1 N–H and O–H groups in total. The van der Waals surface area contributed by atoms with Gasteiger partial charge in [-0.2, -0.15) is 0 Å². The quantitative estimate of drug-likeness (QED) is 0.235. The maximum absolute atomic E-state index is 9.61. The van der Waals surface area contributed by atoms with Gasteiger partial charge in [0.1, 0.15) is 0 Å². The molecule has 2 rings (SSSR count). The lowest BCUT2D eigenvalue weighted by Gasteiger charge is -2.39. The molecule has 0 atom stereocenters. The molecule has 2 fully saturated rings. The summed E-state index contributed by atoms with van der Waals surface area (Å²) in [6, 6.07) is 0. The fourth-order valence-electron chi connectivity index (χ4n) is 5.53. The third-order valence-corrected chi connectivity index (χ3v) is 7.27. The first-order chi connectivity index (χ1) is 12.3. The Morgan fingerprint density at radius 2 is 1.08 bits per heavy atom. The third-order valence-electron chi connectivity index (χ3n) is 7.27. The third kappa shape index (κ3) is 7.21. The standard InChI is InChI=1S/C23H44O2/c1-3-5-7-9-19-11-15-21(16-12-19)23(25-24)22-17-13-20(14-18-22)10-8-6-4-2/h19-24H,3-18H2,1-2H3. The summed E-state index contributed by atoms with van der Waals surface area (Å²) in [6.07, 6.45) is 21.8. The molecule has 0 bridgehead atoms. The largest absolute Gasteiger partial charge is 0.252 e. The van der Waals surface area contributed by atoms with Gasteiger partial charge in [0.15, 0.2) is 0 Å². The average molecular weight is 353 g/mol. The summed E-state index contributed by atoms with van der Waals surface area (Å²) >= 11 is 0. The smallest absolute Gasteiger partial charge is 0.0983 e. The summed E-state index contributed by atoms with van der Waals surface area (Å²) in [4.78, 5) is 5.10. The molecule has 0 aromatic carbocycles. The van der Waals surface area contributed by atoms with Gasteiger partial charge < -0.3 is 0 Å². The van der Waals surface area contributed by atoms with E-state index < -0.39 is 0 Å². The van der Waals surface area contributed by atoms with E-state index in [1.807, 2.05) is 0 Å². The molecule has 2 aliphatic rings. The Morgan fingerprint density at radius 1 is 0.680 bits per heavy atom. The van der Waals surface area contributed by atoms with Crippen molar-refractivity contribution in [1.29, 1.82) is 0 Å². The lowest BCUT2D eigenvalue weighted by atomic mass is 9.70. The molecule has 0 aliphatic heterocycles. The maximum Gasteiger partial charge on any atom is 0.0983 e. The number of rotatable bonds is 11. The van der Waals surface area contributed by atoms with Crippen molar-refractivity contribution in [3.8, 4) is 0 Å². The van der Waals surface area contributed by atoms with E-state index in [1.165, 1.54) is 103 Å². The summed E-state index contributed by atoms with van der Waals surface area (Å²) in [7, 11) is 0. The zero-order valence-corrected chi connectivity index (χ0v) is 17.1. The van der Waals surface area contributed by atoms with Gasteiger partial charge in [-0.15, -0.1) is 0 Å². The summed E-state index contributed by atoms with van der Waals surface area (Å²) in [5, 5.41) is 9.61. The highest BCUT2D eigenvalue weighted by molar-refractivity contribution is 4.85. The van der Waals surface area contributed by atoms with Crippen LogP contribution < -0.4 is 0 Å². The molecule has 2 nitrogen and oxygen atoms in total. The molecular formula is C23H44O2. The zero-order chi connectivity index (χ0) is 17.9. The van der Waals surface area contributed by atoms with Crippen LogP contribution in [0.2, 0.25) is 0 Å². The van der Waals surface area contributed by atoms with Gasteiger partial charge in [0.25, 0.3) is 0 Å². The summed E-state index contributed by atoms with van der Waals surface area (Å²) < 4.78 is 0. The minimum Gasteiger partial charge on any atom is -0.252 e. The normalized spacial score (nSPS) is 31.8. The van der Waals surface area contributed by atoms with E-state index in [-0.39, 0.29) is 6.10 Å². The van der Waals surface area contributed by atoms with Crippen LogP contribution >= 0.6 is 0 Å². The van der Waals surface area contributed by atoms with Crippen molar-refractivity contribution in [2.24, 2.45) is 23.7 Å². The van der Waals surface area contributed by atoms with E-state index in [9.17, 15) is 5.26 Å². The monoisotopic (exact) mass is 352 g/mol. The van der Waals surface area contributed by atoms with Crippen LogP contribution in [0.1, 0.15) is 117 Å². The van der Waals surface area contributed by atoms with Crippen LogP contribution in [0.3, 0.4) is 0 Å². The summed E-state index contributed by atoms with van der Waals surface area (Å²) in [6.45, 7) is 4.58. The Hall–Kier alpha value is -0.0800. The van der Waals surface area contributed by atoms with Crippen LogP contribution in [0, 0.1) is 23.7 Å². The van der Waals surface area contributed by atoms with Gasteiger partial charge >= 0.3 is 0 Å². The van der Waals surface area contributed by atoms with E-state index in [0.717, 1.165) is 11.8 Å². The predicted octanol–water partition coefficient (Wildman–Crippen LogP) is 7.62. The number of hydrogen-bond donors (Lipinski definition) is 1. The Bertz CT molecular complexity index is 284. The van der Waals surface area contributed by atoms with Crippen molar-refractivity contribution < 1.29 is 10.1 Å². The van der Waals surface area contributed by atoms with E-state index in [2.05, 4.69) is 13.8 Å². The second kappa shape index (κ2) is 12.3. The second-order valence-electron chi connectivity index (χ2n) is 9.12. The van der Waals surface area contributed by atoms with Crippen molar-refractivity contribution in [2.45, 2.75) is 123 Å².